The van der Waals surface area contributed by atoms with Crippen molar-refractivity contribution in [3.63, 3.8) is 0 Å². The molecule has 1 aliphatic rings. The zero-order chi connectivity index (χ0) is 22.1. The summed E-state index contributed by atoms with van der Waals surface area (Å²) in [6, 6.07) is 12.2. The average Bonchev–Trinajstić information content (AvgIpc) is 3.35. The van der Waals surface area contributed by atoms with E-state index in [0.29, 0.717) is 23.4 Å². The lowest BCUT2D eigenvalue weighted by Crippen LogP contribution is -2.08. The summed E-state index contributed by atoms with van der Waals surface area (Å²) in [4.78, 5) is 8.81. The molecule has 162 valence electrons. The van der Waals surface area contributed by atoms with Crippen molar-refractivity contribution in [2.45, 2.75) is 18.9 Å². The van der Waals surface area contributed by atoms with E-state index >= 15 is 0 Å². The van der Waals surface area contributed by atoms with E-state index in [2.05, 4.69) is 27.6 Å². The van der Waals surface area contributed by atoms with Crippen LogP contribution < -0.4 is 10.1 Å². The van der Waals surface area contributed by atoms with Gasteiger partial charge >= 0.3 is 0 Å². The van der Waals surface area contributed by atoms with Crippen LogP contribution in [0.4, 0.5) is 16.0 Å². The summed E-state index contributed by atoms with van der Waals surface area (Å²) < 4.78 is 22.6. The van der Waals surface area contributed by atoms with E-state index in [0.717, 1.165) is 29.2 Å². The second kappa shape index (κ2) is 8.47. The van der Waals surface area contributed by atoms with Crippen LogP contribution in [-0.4, -0.2) is 31.4 Å². The summed E-state index contributed by atoms with van der Waals surface area (Å²) in [5.41, 5.74) is 2.60. The van der Waals surface area contributed by atoms with Crippen molar-refractivity contribution in [2.24, 2.45) is 0 Å². The third kappa shape index (κ3) is 3.97. The minimum absolute atomic E-state index is 0.000279. The Kier molecular flexibility index (Phi) is 5.36. The smallest absolute Gasteiger partial charge is 0.246 e. The molecule has 1 atom stereocenters. The normalized spacial score (nSPS) is 15.3. The molecule has 0 aliphatic carbocycles. The molecule has 0 saturated carbocycles. The number of aromatic nitrogens is 5. The summed E-state index contributed by atoms with van der Waals surface area (Å²) in [6.07, 6.45) is 8.30. The molecule has 0 saturated heterocycles. The number of nitrogens with zero attached hydrogens (tertiary/aromatic N) is 5. The molecule has 0 bridgehead atoms. The summed E-state index contributed by atoms with van der Waals surface area (Å²) >= 11 is 5.94. The maximum absolute atomic E-state index is 13.4. The summed E-state index contributed by atoms with van der Waals surface area (Å²) in [5, 5.41) is 8.30. The molecule has 1 aliphatic heterocycles. The number of allylic oxidation sites excluding steroid dienone is 2. The van der Waals surface area contributed by atoms with Crippen molar-refractivity contribution in [3.05, 3.63) is 89.5 Å². The molecule has 3 heterocycles. The first kappa shape index (κ1) is 20.3. The van der Waals surface area contributed by atoms with Crippen molar-refractivity contribution >= 4 is 23.2 Å². The van der Waals surface area contributed by atoms with Crippen molar-refractivity contribution in [1.82, 2.24) is 24.3 Å². The minimum atomic E-state index is -0.253. The van der Waals surface area contributed by atoms with Gasteiger partial charge in [-0.25, -0.2) is 14.1 Å². The van der Waals surface area contributed by atoms with Crippen molar-refractivity contribution in [2.75, 3.05) is 12.4 Å². The van der Waals surface area contributed by atoms with E-state index in [9.17, 15) is 4.39 Å². The van der Waals surface area contributed by atoms with Gasteiger partial charge in [0.05, 0.1) is 19.3 Å². The van der Waals surface area contributed by atoms with Gasteiger partial charge in [0.2, 0.25) is 5.95 Å². The molecule has 0 spiro atoms. The van der Waals surface area contributed by atoms with Crippen molar-refractivity contribution < 1.29 is 9.13 Å². The van der Waals surface area contributed by atoms with E-state index in [1.807, 2.05) is 22.9 Å². The van der Waals surface area contributed by atoms with Crippen LogP contribution in [0, 0.1) is 5.82 Å². The lowest BCUT2D eigenvalue weighted by Gasteiger charge is -2.13. The Morgan fingerprint density at radius 3 is 2.75 bits per heavy atom. The number of benzene rings is 2. The van der Waals surface area contributed by atoms with Gasteiger partial charge in [-0.15, -0.1) is 5.10 Å². The molecule has 2 aromatic carbocycles. The SMILES string of the molecule is COc1cc(Nc2nc3n(n2)CC=CCC3c2ccc(F)cc2)ccc1-n1cnc(Cl)c1. The maximum Gasteiger partial charge on any atom is 0.246 e. The quantitative estimate of drug-likeness (QED) is 0.428. The molecule has 0 amide bonds. The van der Waals surface area contributed by atoms with E-state index in [4.69, 9.17) is 21.3 Å². The van der Waals surface area contributed by atoms with Gasteiger partial charge in [0, 0.05) is 23.9 Å². The highest BCUT2D eigenvalue weighted by atomic mass is 35.5. The van der Waals surface area contributed by atoms with Gasteiger partial charge in [0.25, 0.3) is 0 Å². The zero-order valence-corrected chi connectivity index (χ0v) is 18.0. The molecule has 7 nitrogen and oxygen atoms in total. The number of hydrogen-bond acceptors (Lipinski definition) is 5. The molecular weight excluding hydrogens is 431 g/mol. The molecule has 1 N–H and O–H groups in total. The third-order valence-electron chi connectivity index (χ3n) is 5.37. The second-order valence-corrected chi connectivity index (χ2v) is 7.79. The highest BCUT2D eigenvalue weighted by molar-refractivity contribution is 6.29. The van der Waals surface area contributed by atoms with Crippen LogP contribution in [0.2, 0.25) is 5.15 Å². The van der Waals surface area contributed by atoms with Crippen LogP contribution in [0.25, 0.3) is 5.69 Å². The number of nitrogens with one attached hydrogen (secondary N) is 1. The zero-order valence-electron chi connectivity index (χ0n) is 17.2. The first-order valence-electron chi connectivity index (χ1n) is 10.1. The Labute approximate surface area is 189 Å². The highest BCUT2D eigenvalue weighted by Gasteiger charge is 2.23. The number of imidazole rings is 1. The van der Waals surface area contributed by atoms with Gasteiger partial charge in [0.1, 0.15) is 28.9 Å². The third-order valence-corrected chi connectivity index (χ3v) is 5.56. The van der Waals surface area contributed by atoms with Crippen molar-refractivity contribution in [1.29, 1.82) is 0 Å². The topological polar surface area (TPSA) is 69.8 Å². The predicted octanol–water partition coefficient (Wildman–Crippen LogP) is 5.10. The molecular formula is C23H20ClFN6O. The van der Waals surface area contributed by atoms with E-state index in [-0.39, 0.29) is 11.7 Å². The number of hydrogen-bond donors (Lipinski definition) is 1. The molecule has 32 heavy (non-hydrogen) atoms. The first-order chi connectivity index (χ1) is 15.6. The number of methoxy groups -OCH3 is 1. The minimum Gasteiger partial charge on any atom is -0.494 e. The van der Waals surface area contributed by atoms with Gasteiger partial charge in [-0.2, -0.15) is 4.98 Å². The number of rotatable bonds is 5. The molecule has 2 aromatic heterocycles. The van der Waals surface area contributed by atoms with Crippen LogP contribution in [0.1, 0.15) is 23.7 Å². The molecule has 9 heteroatoms. The van der Waals surface area contributed by atoms with E-state index in [1.54, 1.807) is 36.3 Å². The fourth-order valence-corrected chi connectivity index (χ4v) is 3.97. The Hall–Kier alpha value is -3.65. The number of halogens is 2. The first-order valence-corrected chi connectivity index (χ1v) is 10.5. The molecule has 1 unspecified atom stereocenters. The largest absolute Gasteiger partial charge is 0.494 e. The van der Waals surface area contributed by atoms with Crippen LogP contribution in [0.3, 0.4) is 0 Å². The Morgan fingerprint density at radius 1 is 1.16 bits per heavy atom. The van der Waals surface area contributed by atoms with E-state index < -0.39 is 0 Å². The van der Waals surface area contributed by atoms with Gasteiger partial charge < -0.3 is 14.6 Å². The average molecular weight is 451 g/mol. The fourth-order valence-electron chi connectivity index (χ4n) is 3.82. The fraction of sp³-hybridized carbons (Fsp3) is 0.174. The summed E-state index contributed by atoms with van der Waals surface area (Å²) in [5.74, 6) is 1.72. The maximum atomic E-state index is 13.4. The molecule has 0 fully saturated rings. The predicted molar refractivity (Wildman–Crippen MR) is 120 cm³/mol. The Bertz CT molecular complexity index is 1280. The highest BCUT2D eigenvalue weighted by Crippen LogP contribution is 2.32. The summed E-state index contributed by atoms with van der Waals surface area (Å²) in [7, 11) is 1.61. The van der Waals surface area contributed by atoms with Gasteiger partial charge in [-0.05, 0) is 36.2 Å². The molecule has 5 rings (SSSR count). The lowest BCUT2D eigenvalue weighted by molar-refractivity contribution is 0.413. The number of anilines is 2. The molecule has 0 radical (unpaired) electrons. The van der Waals surface area contributed by atoms with Crippen LogP contribution >= 0.6 is 11.6 Å². The second-order valence-electron chi connectivity index (χ2n) is 7.40. The monoisotopic (exact) mass is 450 g/mol. The van der Waals surface area contributed by atoms with E-state index in [1.165, 1.54) is 12.1 Å². The standard InChI is InChI=1S/C23H20ClFN6O/c1-32-20-12-17(9-10-19(20)30-13-21(24)26-14-30)27-23-28-22-18(4-2-3-11-31(22)29-23)15-5-7-16(25)8-6-15/h2-3,5-10,12-14,18H,4,11H2,1H3,(H,27,29). The van der Waals surface area contributed by atoms with Crippen LogP contribution in [0.15, 0.2) is 67.1 Å². The van der Waals surface area contributed by atoms with Gasteiger partial charge in [0.15, 0.2) is 0 Å². The van der Waals surface area contributed by atoms with Crippen LogP contribution in [0.5, 0.6) is 5.75 Å². The van der Waals surface area contributed by atoms with Crippen molar-refractivity contribution in [3.8, 4) is 11.4 Å². The summed E-state index contributed by atoms with van der Waals surface area (Å²) in [6.45, 7) is 0.630. The molecule has 4 aromatic rings. The number of fused-ring (bicyclic) bond motifs is 1. The Balaban J connectivity index is 1.44. The lowest BCUT2D eigenvalue weighted by atomic mass is 9.95. The Morgan fingerprint density at radius 2 is 2.00 bits per heavy atom. The van der Waals surface area contributed by atoms with Gasteiger partial charge in [-0.3, -0.25) is 0 Å². The number of ether oxygens (including phenoxy) is 1. The van der Waals surface area contributed by atoms with Crippen LogP contribution in [-0.2, 0) is 6.54 Å². The van der Waals surface area contributed by atoms with Gasteiger partial charge in [-0.1, -0.05) is 35.9 Å².